The molecule has 0 radical (unpaired) electrons. The van der Waals surface area contributed by atoms with Gasteiger partial charge in [-0.15, -0.1) is 0 Å². The van der Waals surface area contributed by atoms with Crippen molar-refractivity contribution in [1.82, 2.24) is 20.0 Å². The molecular formula is C17H20N4O3. The molecule has 7 heteroatoms. The van der Waals surface area contributed by atoms with Gasteiger partial charge in [-0.3, -0.25) is 9.59 Å². The molecule has 1 fully saturated rings. The van der Waals surface area contributed by atoms with E-state index in [4.69, 9.17) is 4.52 Å². The zero-order valence-electron chi connectivity index (χ0n) is 13.7. The van der Waals surface area contributed by atoms with Crippen molar-refractivity contribution in [2.45, 2.75) is 44.9 Å². The Morgan fingerprint density at radius 2 is 2.25 bits per heavy atom. The number of carbonyl (C=O) groups is 1. The Bertz CT molecular complexity index is 839. The van der Waals surface area contributed by atoms with Crippen molar-refractivity contribution in [1.29, 1.82) is 0 Å². The fourth-order valence-electron chi connectivity index (χ4n) is 3.68. The average molecular weight is 328 g/mol. The van der Waals surface area contributed by atoms with Gasteiger partial charge in [0.25, 0.3) is 11.5 Å². The minimum absolute atomic E-state index is 0.0393. The molecule has 1 saturated heterocycles. The van der Waals surface area contributed by atoms with Crippen LogP contribution in [0, 0.1) is 6.92 Å². The quantitative estimate of drug-likeness (QED) is 0.903. The summed E-state index contributed by atoms with van der Waals surface area (Å²) in [6, 6.07) is 1.78. The number of likely N-dealkylation sites (tertiary alicyclic amines) is 1. The van der Waals surface area contributed by atoms with E-state index < -0.39 is 0 Å². The number of nitrogens with zero attached hydrogens (tertiary/aromatic N) is 3. The zero-order valence-corrected chi connectivity index (χ0v) is 13.7. The van der Waals surface area contributed by atoms with Crippen LogP contribution in [-0.4, -0.2) is 39.0 Å². The molecule has 3 heterocycles. The van der Waals surface area contributed by atoms with Gasteiger partial charge >= 0.3 is 0 Å². The molecule has 0 bridgehead atoms. The monoisotopic (exact) mass is 328 g/mol. The first-order valence-corrected chi connectivity index (χ1v) is 8.46. The first-order chi connectivity index (χ1) is 11.6. The lowest BCUT2D eigenvalue weighted by Gasteiger charge is -2.31. The van der Waals surface area contributed by atoms with Crippen molar-refractivity contribution in [3.05, 3.63) is 45.0 Å². The first-order valence-electron chi connectivity index (χ1n) is 8.46. The number of carbonyl (C=O) groups excluding carboxylic acids is 1. The van der Waals surface area contributed by atoms with E-state index in [0.717, 1.165) is 43.4 Å². The van der Waals surface area contributed by atoms with E-state index in [0.29, 0.717) is 24.8 Å². The average Bonchev–Trinajstić information content (AvgIpc) is 3.22. The molecule has 0 spiro atoms. The highest BCUT2D eigenvalue weighted by Gasteiger charge is 2.30. The predicted molar refractivity (Wildman–Crippen MR) is 86.0 cm³/mol. The first kappa shape index (κ1) is 15.1. The van der Waals surface area contributed by atoms with Crippen molar-refractivity contribution in [3.63, 3.8) is 0 Å². The maximum Gasteiger partial charge on any atom is 0.261 e. The highest BCUT2D eigenvalue weighted by Crippen LogP contribution is 2.27. The molecule has 0 saturated carbocycles. The number of pyridine rings is 1. The molecule has 24 heavy (non-hydrogen) atoms. The Labute approximate surface area is 139 Å². The molecule has 0 aromatic carbocycles. The number of aromatic amines is 1. The number of aryl methyl sites for hydroxylation is 3. The van der Waals surface area contributed by atoms with Crippen LogP contribution >= 0.6 is 0 Å². The topological polar surface area (TPSA) is 92.1 Å². The molecule has 4 rings (SSSR count). The van der Waals surface area contributed by atoms with Gasteiger partial charge in [-0.1, -0.05) is 5.16 Å². The second-order valence-electron chi connectivity index (χ2n) is 6.64. The summed E-state index contributed by atoms with van der Waals surface area (Å²) in [6.07, 6.45) is 4.62. The smallest absolute Gasteiger partial charge is 0.261 e. The predicted octanol–water partition coefficient (Wildman–Crippen LogP) is 1.57. The van der Waals surface area contributed by atoms with Gasteiger partial charge < -0.3 is 14.4 Å². The number of aromatic nitrogens is 3. The molecule has 0 unspecified atom stereocenters. The van der Waals surface area contributed by atoms with Crippen LogP contribution in [-0.2, 0) is 12.8 Å². The molecule has 1 amide bonds. The molecule has 2 aliphatic rings. The second kappa shape index (κ2) is 5.89. The summed E-state index contributed by atoms with van der Waals surface area (Å²) in [7, 11) is 0. The van der Waals surface area contributed by atoms with Crippen molar-refractivity contribution in [2.24, 2.45) is 0 Å². The van der Waals surface area contributed by atoms with Gasteiger partial charge in [0.1, 0.15) is 5.56 Å². The van der Waals surface area contributed by atoms with Gasteiger partial charge in [0.2, 0.25) is 5.89 Å². The van der Waals surface area contributed by atoms with Crippen LogP contribution in [0.15, 0.2) is 15.4 Å². The number of piperidine rings is 1. The number of hydrogen-bond donors (Lipinski definition) is 1. The molecule has 2 aromatic rings. The van der Waals surface area contributed by atoms with Gasteiger partial charge in [-0.25, -0.2) is 0 Å². The van der Waals surface area contributed by atoms with Crippen LogP contribution in [0.4, 0.5) is 0 Å². The highest BCUT2D eigenvalue weighted by atomic mass is 16.5. The molecular weight excluding hydrogens is 308 g/mol. The summed E-state index contributed by atoms with van der Waals surface area (Å²) >= 11 is 0. The van der Waals surface area contributed by atoms with Gasteiger partial charge in [-0.2, -0.15) is 4.98 Å². The number of rotatable bonds is 2. The number of amides is 1. The van der Waals surface area contributed by atoms with E-state index >= 15 is 0 Å². The van der Waals surface area contributed by atoms with Crippen LogP contribution in [0.3, 0.4) is 0 Å². The third-order valence-electron chi connectivity index (χ3n) is 4.92. The third kappa shape index (κ3) is 2.64. The standard InChI is InChI=1S/C17H20N4O3/c1-10-18-16(24-20-10)12-5-3-7-21(9-12)17(23)13-8-11-4-2-6-14(11)19-15(13)22/h8,12H,2-7,9H2,1H3,(H,19,22)/t12-/m1/s1. The van der Waals surface area contributed by atoms with Crippen molar-refractivity contribution >= 4 is 5.91 Å². The van der Waals surface area contributed by atoms with Crippen molar-refractivity contribution in [2.75, 3.05) is 13.1 Å². The summed E-state index contributed by atoms with van der Waals surface area (Å²) in [5.74, 6) is 1.01. The van der Waals surface area contributed by atoms with Crippen LogP contribution in [0.1, 0.15) is 58.5 Å². The highest BCUT2D eigenvalue weighted by molar-refractivity contribution is 5.94. The van der Waals surface area contributed by atoms with E-state index in [2.05, 4.69) is 15.1 Å². The lowest BCUT2D eigenvalue weighted by Crippen LogP contribution is -2.41. The number of H-pyrrole nitrogens is 1. The Morgan fingerprint density at radius 3 is 3.04 bits per heavy atom. The second-order valence-corrected chi connectivity index (χ2v) is 6.64. The molecule has 2 aromatic heterocycles. The van der Waals surface area contributed by atoms with Crippen LogP contribution < -0.4 is 5.56 Å². The Hall–Kier alpha value is -2.44. The lowest BCUT2D eigenvalue weighted by atomic mass is 9.97. The summed E-state index contributed by atoms with van der Waals surface area (Å²) in [5.41, 5.74) is 2.04. The van der Waals surface area contributed by atoms with Crippen LogP contribution in [0.2, 0.25) is 0 Å². The van der Waals surface area contributed by atoms with Gasteiger partial charge in [-0.05, 0) is 50.7 Å². The summed E-state index contributed by atoms with van der Waals surface area (Å²) in [5, 5.41) is 3.83. The summed E-state index contributed by atoms with van der Waals surface area (Å²) < 4.78 is 5.25. The van der Waals surface area contributed by atoms with E-state index in [1.54, 1.807) is 17.9 Å². The van der Waals surface area contributed by atoms with E-state index in [1.807, 2.05) is 0 Å². The van der Waals surface area contributed by atoms with Crippen molar-refractivity contribution in [3.8, 4) is 0 Å². The number of hydrogen-bond acceptors (Lipinski definition) is 5. The van der Waals surface area contributed by atoms with Crippen molar-refractivity contribution < 1.29 is 9.32 Å². The molecule has 1 atom stereocenters. The van der Waals surface area contributed by atoms with E-state index in [9.17, 15) is 9.59 Å². The minimum atomic E-state index is -0.281. The SMILES string of the molecule is Cc1noc([C@@H]2CCCN(C(=O)c3cc4c([nH]c3=O)CCC4)C2)n1. The van der Waals surface area contributed by atoms with Gasteiger partial charge in [0.05, 0.1) is 5.92 Å². The van der Waals surface area contributed by atoms with E-state index in [-0.39, 0.29) is 22.9 Å². The normalized spacial score (nSPS) is 20.2. The maximum absolute atomic E-state index is 12.8. The van der Waals surface area contributed by atoms with Gasteiger partial charge in [0.15, 0.2) is 5.82 Å². The molecule has 1 aliphatic carbocycles. The minimum Gasteiger partial charge on any atom is -0.339 e. The van der Waals surface area contributed by atoms with Crippen LogP contribution in [0.5, 0.6) is 0 Å². The summed E-state index contributed by atoms with van der Waals surface area (Å²) in [6.45, 7) is 2.94. The largest absolute Gasteiger partial charge is 0.339 e. The zero-order chi connectivity index (χ0) is 16.7. The Morgan fingerprint density at radius 1 is 1.38 bits per heavy atom. The lowest BCUT2D eigenvalue weighted by molar-refractivity contribution is 0.0693. The number of nitrogens with one attached hydrogen (secondary N) is 1. The van der Waals surface area contributed by atoms with E-state index in [1.165, 1.54) is 0 Å². The molecule has 1 aliphatic heterocycles. The third-order valence-corrected chi connectivity index (χ3v) is 4.92. The Balaban J connectivity index is 1.57. The van der Waals surface area contributed by atoms with Crippen LogP contribution in [0.25, 0.3) is 0 Å². The summed E-state index contributed by atoms with van der Waals surface area (Å²) in [4.78, 5) is 34.0. The fraction of sp³-hybridized carbons (Fsp3) is 0.529. The molecule has 7 nitrogen and oxygen atoms in total. The molecule has 1 N–H and O–H groups in total. The molecule has 126 valence electrons. The maximum atomic E-state index is 12.8. The van der Waals surface area contributed by atoms with Gasteiger partial charge in [0, 0.05) is 18.8 Å². The Kier molecular flexibility index (Phi) is 3.70. The number of fused-ring (bicyclic) bond motifs is 1. The fourth-order valence-corrected chi connectivity index (χ4v) is 3.68.